The maximum atomic E-state index is 13.1. The van der Waals surface area contributed by atoms with E-state index in [0.717, 1.165) is 17.7 Å². The molecule has 0 fully saturated rings. The number of amides is 3. The Kier molecular flexibility index (Phi) is 9.49. The van der Waals surface area contributed by atoms with Gasteiger partial charge >= 0.3 is 12.3 Å². The van der Waals surface area contributed by atoms with Crippen LogP contribution in [0.4, 0.5) is 18.0 Å². The molecule has 10 heteroatoms. The second-order valence-electron chi connectivity index (χ2n) is 8.42. The molecule has 1 aliphatic rings. The zero-order chi connectivity index (χ0) is 26.0. The van der Waals surface area contributed by atoms with Gasteiger partial charge in [-0.05, 0) is 42.9 Å². The van der Waals surface area contributed by atoms with Gasteiger partial charge in [0.1, 0.15) is 12.6 Å². The standard InChI is InChI=1S/C26H28F3N3O4/c27-26(28,29)20-10-6-9-19(15-20)16-21-12-13-23(33)30-14-5-4-11-22(24(34)31-21)32-25(35)36-17-18-7-2-1-3-8-18/h1-3,6-10,12-13,15,21-22H,4-5,11,14,16-17H2,(H,30,33)(H,31,34)(H,32,35)/b13-12+/t21-,22+/m1/s1. The minimum atomic E-state index is -4.50. The van der Waals surface area contributed by atoms with Gasteiger partial charge in [-0.15, -0.1) is 0 Å². The normalized spacial score (nSPS) is 20.2. The lowest BCUT2D eigenvalue weighted by Crippen LogP contribution is -2.50. The molecule has 1 heterocycles. The van der Waals surface area contributed by atoms with Crippen LogP contribution in [0.25, 0.3) is 0 Å². The minimum Gasteiger partial charge on any atom is -0.445 e. The van der Waals surface area contributed by atoms with Crippen LogP contribution in [-0.2, 0) is 33.5 Å². The Morgan fingerprint density at radius 1 is 1.03 bits per heavy atom. The van der Waals surface area contributed by atoms with Gasteiger partial charge in [0.25, 0.3) is 0 Å². The quantitative estimate of drug-likeness (QED) is 0.577. The van der Waals surface area contributed by atoms with Crippen LogP contribution in [-0.4, -0.2) is 36.5 Å². The van der Waals surface area contributed by atoms with E-state index in [2.05, 4.69) is 16.0 Å². The molecule has 1 aliphatic heterocycles. The van der Waals surface area contributed by atoms with Crippen molar-refractivity contribution >= 4 is 17.9 Å². The predicted molar refractivity (Wildman–Crippen MR) is 127 cm³/mol. The fraction of sp³-hybridized carbons (Fsp3) is 0.346. The van der Waals surface area contributed by atoms with Crippen molar-refractivity contribution in [3.05, 3.63) is 83.4 Å². The van der Waals surface area contributed by atoms with E-state index in [1.54, 1.807) is 12.1 Å². The molecule has 36 heavy (non-hydrogen) atoms. The average molecular weight is 504 g/mol. The third-order valence-corrected chi connectivity index (χ3v) is 5.56. The average Bonchev–Trinajstić information content (AvgIpc) is 2.84. The molecule has 0 saturated heterocycles. The van der Waals surface area contributed by atoms with Gasteiger partial charge < -0.3 is 20.7 Å². The van der Waals surface area contributed by atoms with E-state index in [1.165, 1.54) is 24.3 Å². The molecular weight excluding hydrogens is 475 g/mol. The van der Waals surface area contributed by atoms with E-state index in [1.807, 2.05) is 18.2 Å². The van der Waals surface area contributed by atoms with Crippen molar-refractivity contribution in [3.63, 3.8) is 0 Å². The Morgan fingerprint density at radius 2 is 1.78 bits per heavy atom. The number of rotatable bonds is 5. The van der Waals surface area contributed by atoms with Gasteiger partial charge in [-0.25, -0.2) is 4.79 Å². The van der Waals surface area contributed by atoms with Gasteiger partial charge in [0.2, 0.25) is 11.8 Å². The van der Waals surface area contributed by atoms with Crippen LogP contribution in [0.2, 0.25) is 0 Å². The van der Waals surface area contributed by atoms with Crippen molar-refractivity contribution in [1.29, 1.82) is 0 Å². The van der Waals surface area contributed by atoms with Crippen LogP contribution >= 0.6 is 0 Å². The molecule has 3 N–H and O–H groups in total. The van der Waals surface area contributed by atoms with E-state index in [4.69, 9.17) is 4.74 Å². The second-order valence-corrected chi connectivity index (χ2v) is 8.42. The van der Waals surface area contributed by atoms with Crippen LogP contribution in [0.1, 0.15) is 36.0 Å². The molecule has 0 radical (unpaired) electrons. The molecule has 2 aromatic rings. The lowest BCUT2D eigenvalue weighted by molar-refractivity contribution is -0.137. The maximum Gasteiger partial charge on any atom is 0.416 e. The summed E-state index contributed by atoms with van der Waals surface area (Å²) in [6.45, 7) is 0.419. The number of carbonyl (C=O) groups excluding carboxylic acids is 3. The third-order valence-electron chi connectivity index (χ3n) is 5.56. The summed E-state index contributed by atoms with van der Waals surface area (Å²) in [5.74, 6) is -0.882. The highest BCUT2D eigenvalue weighted by molar-refractivity contribution is 5.88. The summed E-state index contributed by atoms with van der Waals surface area (Å²) in [5, 5.41) is 8.03. The van der Waals surface area contributed by atoms with Crippen LogP contribution in [0.3, 0.4) is 0 Å². The van der Waals surface area contributed by atoms with Crippen LogP contribution in [0, 0.1) is 0 Å². The molecule has 3 rings (SSSR count). The maximum absolute atomic E-state index is 13.1. The smallest absolute Gasteiger partial charge is 0.416 e. The number of nitrogens with one attached hydrogen (secondary N) is 3. The summed E-state index contributed by atoms with van der Waals surface area (Å²) in [4.78, 5) is 37.4. The molecule has 0 saturated carbocycles. The van der Waals surface area contributed by atoms with E-state index >= 15 is 0 Å². The monoisotopic (exact) mass is 503 g/mol. The van der Waals surface area contributed by atoms with E-state index in [-0.39, 0.29) is 18.9 Å². The first kappa shape index (κ1) is 26.8. The van der Waals surface area contributed by atoms with Crippen molar-refractivity contribution in [1.82, 2.24) is 16.0 Å². The molecule has 0 spiro atoms. The fourth-order valence-corrected chi connectivity index (χ4v) is 3.70. The number of alkyl carbamates (subject to hydrolysis) is 1. The second kappa shape index (κ2) is 12.8. The number of halogens is 3. The Bertz CT molecular complexity index is 1070. The number of alkyl halides is 3. The van der Waals surface area contributed by atoms with Crippen molar-refractivity contribution in [2.45, 2.75) is 50.6 Å². The topological polar surface area (TPSA) is 96.5 Å². The molecule has 2 aromatic carbocycles. The van der Waals surface area contributed by atoms with E-state index < -0.39 is 35.8 Å². The highest BCUT2D eigenvalue weighted by Crippen LogP contribution is 2.29. The van der Waals surface area contributed by atoms with Gasteiger partial charge in [-0.1, -0.05) is 54.6 Å². The Hall–Kier alpha value is -3.82. The SMILES string of the molecule is O=C1/C=C/[C@H](Cc2cccc(C(F)(F)F)c2)NC(=O)[C@@H](NC(=O)OCc2ccccc2)CCCCN1. The van der Waals surface area contributed by atoms with Crippen molar-refractivity contribution in [3.8, 4) is 0 Å². The lowest BCUT2D eigenvalue weighted by Gasteiger charge is -2.23. The van der Waals surface area contributed by atoms with Gasteiger partial charge in [0.15, 0.2) is 0 Å². The van der Waals surface area contributed by atoms with Crippen LogP contribution < -0.4 is 16.0 Å². The number of hydrogen-bond acceptors (Lipinski definition) is 4. The third kappa shape index (κ3) is 8.75. The van der Waals surface area contributed by atoms with Crippen molar-refractivity contribution < 1.29 is 32.3 Å². The first-order chi connectivity index (χ1) is 17.2. The summed E-state index contributed by atoms with van der Waals surface area (Å²) in [6, 6.07) is 12.1. The molecule has 3 amide bonds. The Morgan fingerprint density at radius 3 is 2.53 bits per heavy atom. The van der Waals surface area contributed by atoms with Crippen LogP contribution in [0.5, 0.6) is 0 Å². The first-order valence-corrected chi connectivity index (χ1v) is 11.6. The number of benzene rings is 2. The number of hydrogen-bond donors (Lipinski definition) is 3. The van der Waals surface area contributed by atoms with Crippen LogP contribution in [0.15, 0.2) is 66.7 Å². The fourth-order valence-electron chi connectivity index (χ4n) is 3.70. The molecule has 0 bridgehead atoms. The molecule has 7 nitrogen and oxygen atoms in total. The van der Waals surface area contributed by atoms with Gasteiger partial charge in [0.05, 0.1) is 11.6 Å². The summed E-state index contributed by atoms with van der Waals surface area (Å²) < 4.78 is 44.6. The number of ether oxygens (including phenoxy) is 1. The van der Waals surface area contributed by atoms with Gasteiger partial charge in [-0.3, -0.25) is 9.59 Å². The van der Waals surface area contributed by atoms with Gasteiger partial charge in [-0.2, -0.15) is 13.2 Å². The molecule has 0 aliphatic carbocycles. The molecule has 2 atom stereocenters. The van der Waals surface area contributed by atoms with E-state index in [0.29, 0.717) is 31.4 Å². The zero-order valence-electron chi connectivity index (χ0n) is 19.5. The molecule has 0 unspecified atom stereocenters. The molecular formula is C26H28F3N3O4. The molecule has 192 valence electrons. The highest BCUT2D eigenvalue weighted by Gasteiger charge is 2.30. The van der Waals surface area contributed by atoms with Crippen molar-refractivity contribution in [2.75, 3.05) is 6.54 Å². The first-order valence-electron chi connectivity index (χ1n) is 11.6. The largest absolute Gasteiger partial charge is 0.445 e. The highest BCUT2D eigenvalue weighted by atomic mass is 19.4. The van der Waals surface area contributed by atoms with E-state index in [9.17, 15) is 27.6 Å². The summed E-state index contributed by atoms with van der Waals surface area (Å²) >= 11 is 0. The lowest BCUT2D eigenvalue weighted by atomic mass is 10.0. The summed E-state index contributed by atoms with van der Waals surface area (Å²) in [7, 11) is 0. The number of carbonyl (C=O) groups is 3. The Labute approximate surface area is 207 Å². The zero-order valence-corrected chi connectivity index (χ0v) is 19.5. The minimum absolute atomic E-state index is 0.0185. The molecule has 0 aromatic heterocycles. The van der Waals surface area contributed by atoms with Crippen molar-refractivity contribution in [2.24, 2.45) is 0 Å². The summed E-state index contributed by atoms with van der Waals surface area (Å²) in [6.07, 6.45) is -1.14. The van der Waals surface area contributed by atoms with Gasteiger partial charge in [0, 0.05) is 12.6 Å². The predicted octanol–water partition coefficient (Wildman–Crippen LogP) is 3.88. The summed E-state index contributed by atoms with van der Waals surface area (Å²) in [5.41, 5.74) is 0.318. The Balaban J connectivity index is 1.71.